The fraction of sp³-hybridized carbons (Fsp3) is 0.471. The topological polar surface area (TPSA) is 120 Å². The first-order chi connectivity index (χ1) is 13.7. The summed E-state index contributed by atoms with van der Waals surface area (Å²) < 4.78 is 36.7. The van der Waals surface area contributed by atoms with E-state index in [1.54, 1.807) is 12.1 Å². The molecule has 0 aliphatic heterocycles. The Morgan fingerprint density at radius 3 is 2.76 bits per heavy atom. The zero-order valence-electron chi connectivity index (χ0n) is 15.6. The number of nitrogens with zero attached hydrogens (tertiary/aromatic N) is 4. The SMILES string of the molecule is Cc1cccc2nnc(NNC(=O)C(CCCCC(F)(F)F)CN(O)C=O)nc12. The minimum atomic E-state index is -4.27. The van der Waals surface area contributed by atoms with E-state index in [2.05, 4.69) is 26.0 Å². The van der Waals surface area contributed by atoms with Crippen molar-refractivity contribution in [3.8, 4) is 0 Å². The molecule has 0 aliphatic rings. The number of hydrogen-bond acceptors (Lipinski definition) is 7. The third kappa shape index (κ3) is 7.14. The fourth-order valence-electron chi connectivity index (χ4n) is 2.66. The van der Waals surface area contributed by atoms with Gasteiger partial charge in [0.25, 0.3) is 5.95 Å². The van der Waals surface area contributed by atoms with Crippen LogP contribution in [-0.2, 0) is 9.59 Å². The van der Waals surface area contributed by atoms with Gasteiger partial charge in [0.15, 0.2) is 0 Å². The number of carbonyl (C=O) groups excluding carboxylic acids is 2. The van der Waals surface area contributed by atoms with Crippen LogP contribution in [0.15, 0.2) is 18.2 Å². The van der Waals surface area contributed by atoms with E-state index in [9.17, 15) is 28.0 Å². The summed E-state index contributed by atoms with van der Waals surface area (Å²) >= 11 is 0. The van der Waals surface area contributed by atoms with Gasteiger partial charge in [-0.15, -0.1) is 10.2 Å². The van der Waals surface area contributed by atoms with Crippen LogP contribution in [0.3, 0.4) is 0 Å². The number of hydroxylamine groups is 2. The fourth-order valence-corrected chi connectivity index (χ4v) is 2.66. The van der Waals surface area contributed by atoms with Crippen LogP contribution in [-0.4, -0.2) is 50.5 Å². The zero-order valence-corrected chi connectivity index (χ0v) is 15.6. The highest BCUT2D eigenvalue weighted by molar-refractivity contribution is 5.81. The van der Waals surface area contributed by atoms with Gasteiger partial charge in [0.05, 0.1) is 18.0 Å². The van der Waals surface area contributed by atoms with Crippen LogP contribution < -0.4 is 10.9 Å². The summed E-state index contributed by atoms with van der Waals surface area (Å²) in [5.41, 5.74) is 6.86. The van der Waals surface area contributed by atoms with Crippen molar-refractivity contribution in [2.45, 2.75) is 38.8 Å². The predicted octanol–water partition coefficient (Wildman–Crippen LogP) is 2.36. The second kappa shape index (κ2) is 9.96. The predicted molar refractivity (Wildman–Crippen MR) is 96.4 cm³/mol. The van der Waals surface area contributed by atoms with E-state index in [-0.39, 0.29) is 43.2 Å². The Kier molecular flexibility index (Phi) is 7.65. The lowest BCUT2D eigenvalue weighted by Gasteiger charge is -2.19. The van der Waals surface area contributed by atoms with E-state index >= 15 is 0 Å². The van der Waals surface area contributed by atoms with Gasteiger partial charge < -0.3 is 0 Å². The average Bonchev–Trinajstić information content (AvgIpc) is 2.67. The lowest BCUT2D eigenvalue weighted by Crippen LogP contribution is -2.40. The van der Waals surface area contributed by atoms with Crippen LogP contribution in [0.5, 0.6) is 0 Å². The van der Waals surface area contributed by atoms with Gasteiger partial charge in [-0.2, -0.15) is 13.2 Å². The van der Waals surface area contributed by atoms with Crippen LogP contribution in [0, 0.1) is 12.8 Å². The molecule has 0 spiro atoms. The van der Waals surface area contributed by atoms with Crippen molar-refractivity contribution in [2.24, 2.45) is 5.92 Å². The van der Waals surface area contributed by atoms with Gasteiger partial charge in [0, 0.05) is 6.42 Å². The Balaban J connectivity index is 1.97. The molecule has 1 aromatic heterocycles. The van der Waals surface area contributed by atoms with Gasteiger partial charge in [-0.3, -0.25) is 25.6 Å². The molecule has 0 bridgehead atoms. The first-order valence-electron chi connectivity index (χ1n) is 8.83. The lowest BCUT2D eigenvalue weighted by atomic mass is 10.00. The number of rotatable bonds is 10. The van der Waals surface area contributed by atoms with Gasteiger partial charge in [-0.05, 0) is 31.4 Å². The molecule has 1 unspecified atom stereocenters. The van der Waals surface area contributed by atoms with Crippen LogP contribution in [0.1, 0.15) is 31.2 Å². The molecule has 0 saturated heterocycles. The monoisotopic (exact) mass is 414 g/mol. The summed E-state index contributed by atoms with van der Waals surface area (Å²) in [6.45, 7) is 1.48. The number of hydrogen-bond donors (Lipinski definition) is 3. The van der Waals surface area contributed by atoms with Crippen molar-refractivity contribution >= 4 is 29.3 Å². The number of anilines is 1. The van der Waals surface area contributed by atoms with Gasteiger partial charge in [0.2, 0.25) is 12.3 Å². The van der Waals surface area contributed by atoms with E-state index in [0.717, 1.165) is 5.56 Å². The molecule has 9 nitrogen and oxygen atoms in total. The Morgan fingerprint density at radius 1 is 1.31 bits per heavy atom. The lowest BCUT2D eigenvalue weighted by molar-refractivity contribution is -0.154. The molecular formula is C17H21F3N6O3. The van der Waals surface area contributed by atoms with E-state index in [1.165, 1.54) is 0 Å². The second-order valence-electron chi connectivity index (χ2n) is 6.48. The molecule has 2 aromatic rings. The van der Waals surface area contributed by atoms with Gasteiger partial charge in [0.1, 0.15) is 5.52 Å². The van der Waals surface area contributed by atoms with Crippen LogP contribution >= 0.6 is 0 Å². The molecule has 0 saturated carbocycles. The van der Waals surface area contributed by atoms with E-state index < -0.39 is 24.4 Å². The number of aromatic nitrogens is 3. The number of nitrogens with one attached hydrogen (secondary N) is 2. The number of fused-ring (bicyclic) bond motifs is 1. The number of carbonyl (C=O) groups is 2. The standard InChI is InChI=1S/C17H21F3N6O3/c1-11-5-4-7-13-14(11)21-16(24-22-13)25-23-15(28)12(9-26(29)10-27)6-2-3-8-17(18,19)20/h4-5,7,10,12,29H,2-3,6,8-9H2,1H3,(H,23,28)(H,21,24,25). The molecule has 0 fully saturated rings. The van der Waals surface area contributed by atoms with Crippen molar-refractivity contribution in [1.29, 1.82) is 0 Å². The highest BCUT2D eigenvalue weighted by atomic mass is 19.4. The van der Waals surface area contributed by atoms with Crippen molar-refractivity contribution in [3.63, 3.8) is 0 Å². The summed E-state index contributed by atoms with van der Waals surface area (Å²) in [6.07, 6.45) is -5.15. The summed E-state index contributed by atoms with van der Waals surface area (Å²) in [5, 5.41) is 17.4. The molecule has 1 aromatic carbocycles. The number of hydrazine groups is 1. The maximum absolute atomic E-state index is 12.4. The molecule has 29 heavy (non-hydrogen) atoms. The largest absolute Gasteiger partial charge is 0.389 e. The third-order valence-electron chi connectivity index (χ3n) is 4.15. The molecule has 2 rings (SSSR count). The number of halogens is 3. The number of benzene rings is 1. The molecule has 1 atom stereocenters. The Labute approximate surface area is 164 Å². The van der Waals surface area contributed by atoms with Crippen LogP contribution in [0.4, 0.5) is 19.1 Å². The highest BCUT2D eigenvalue weighted by Gasteiger charge is 2.27. The molecular weight excluding hydrogens is 393 g/mol. The van der Waals surface area contributed by atoms with Crippen molar-refractivity contribution in [1.82, 2.24) is 25.7 Å². The molecule has 158 valence electrons. The summed E-state index contributed by atoms with van der Waals surface area (Å²) in [6, 6.07) is 5.38. The first-order valence-corrected chi connectivity index (χ1v) is 8.83. The van der Waals surface area contributed by atoms with Crippen molar-refractivity contribution in [3.05, 3.63) is 23.8 Å². The number of alkyl halides is 3. The Morgan fingerprint density at radius 2 is 2.07 bits per heavy atom. The molecule has 2 amide bonds. The summed E-state index contributed by atoms with van der Waals surface area (Å²) in [5.74, 6) is -1.54. The maximum atomic E-state index is 12.4. The zero-order chi connectivity index (χ0) is 21.4. The molecule has 0 aliphatic carbocycles. The molecule has 0 radical (unpaired) electrons. The summed E-state index contributed by atoms with van der Waals surface area (Å²) in [4.78, 5) is 27.2. The normalized spacial score (nSPS) is 12.4. The quantitative estimate of drug-likeness (QED) is 0.236. The van der Waals surface area contributed by atoms with Crippen LogP contribution in [0.2, 0.25) is 0 Å². The van der Waals surface area contributed by atoms with Crippen LogP contribution in [0.25, 0.3) is 11.0 Å². The molecule has 3 N–H and O–H groups in total. The van der Waals surface area contributed by atoms with Gasteiger partial charge >= 0.3 is 6.18 Å². The number of aryl methyl sites for hydroxylation is 1. The van der Waals surface area contributed by atoms with E-state index in [4.69, 9.17) is 0 Å². The summed E-state index contributed by atoms with van der Waals surface area (Å²) in [7, 11) is 0. The van der Waals surface area contributed by atoms with Crippen molar-refractivity contribution in [2.75, 3.05) is 12.0 Å². The average molecular weight is 414 g/mol. The molecule has 12 heteroatoms. The minimum absolute atomic E-state index is 0.0206. The van der Waals surface area contributed by atoms with E-state index in [0.29, 0.717) is 11.0 Å². The van der Waals surface area contributed by atoms with Gasteiger partial charge in [-0.1, -0.05) is 18.6 Å². The van der Waals surface area contributed by atoms with Gasteiger partial charge in [-0.25, -0.2) is 10.0 Å². The number of amides is 2. The first kappa shape index (κ1) is 22.3. The van der Waals surface area contributed by atoms with Crippen molar-refractivity contribution < 1.29 is 28.0 Å². The van der Waals surface area contributed by atoms with E-state index in [1.807, 2.05) is 13.0 Å². The Bertz CT molecular complexity index is 849. The number of para-hydroxylation sites is 1. The number of unbranched alkanes of at least 4 members (excludes halogenated alkanes) is 1. The molecule has 1 heterocycles. The second-order valence-corrected chi connectivity index (χ2v) is 6.48. The smallest absolute Gasteiger partial charge is 0.286 e. The minimum Gasteiger partial charge on any atom is -0.286 e. The Hall–Kier alpha value is -3.02. The third-order valence-corrected chi connectivity index (χ3v) is 4.15. The highest BCUT2D eigenvalue weighted by Crippen LogP contribution is 2.23. The maximum Gasteiger partial charge on any atom is 0.389 e.